The van der Waals surface area contributed by atoms with Crippen LogP contribution in [-0.4, -0.2) is 55.0 Å². The number of carbonyl (C=O) groups is 1. The molecule has 0 amide bonds. The Morgan fingerprint density at radius 3 is 2.17 bits per heavy atom. The molecule has 0 heterocycles. The van der Waals surface area contributed by atoms with Crippen molar-refractivity contribution < 1.29 is 26.4 Å². The number of anilines is 1. The number of methoxy groups -OCH3 is 1. The van der Waals surface area contributed by atoms with E-state index < -0.39 is 26.0 Å². The molecular formula is C13H20N2O6S2. The minimum absolute atomic E-state index is 0.0536. The van der Waals surface area contributed by atoms with Gasteiger partial charge in [0.2, 0.25) is 20.0 Å². The van der Waals surface area contributed by atoms with Crippen LogP contribution in [0.1, 0.15) is 17.3 Å². The zero-order chi connectivity index (χ0) is 17.7. The Kier molecular flexibility index (Phi) is 6.54. The highest BCUT2D eigenvalue weighted by Gasteiger charge is 2.18. The SMILES string of the molecule is CCS(=O)(=O)NCCN(c1ccc(C(=O)OC)cc1)S(C)(=O)=O. The second kappa shape index (κ2) is 7.75. The molecule has 130 valence electrons. The van der Waals surface area contributed by atoms with Crippen LogP contribution in [0.15, 0.2) is 24.3 Å². The van der Waals surface area contributed by atoms with Crippen molar-refractivity contribution in [2.75, 3.05) is 36.5 Å². The monoisotopic (exact) mass is 364 g/mol. The molecule has 0 atom stereocenters. The number of esters is 1. The van der Waals surface area contributed by atoms with Gasteiger partial charge in [-0.3, -0.25) is 4.31 Å². The van der Waals surface area contributed by atoms with Crippen molar-refractivity contribution in [2.24, 2.45) is 0 Å². The van der Waals surface area contributed by atoms with Crippen LogP contribution in [0, 0.1) is 0 Å². The van der Waals surface area contributed by atoms with E-state index in [0.29, 0.717) is 5.69 Å². The van der Waals surface area contributed by atoms with Crippen LogP contribution in [0.2, 0.25) is 0 Å². The topological polar surface area (TPSA) is 110 Å². The molecule has 0 fully saturated rings. The Morgan fingerprint density at radius 2 is 1.74 bits per heavy atom. The van der Waals surface area contributed by atoms with Gasteiger partial charge in [0.05, 0.1) is 30.4 Å². The molecule has 0 aliphatic carbocycles. The van der Waals surface area contributed by atoms with E-state index in [1.807, 2.05) is 0 Å². The molecule has 1 aromatic carbocycles. The average Bonchev–Trinajstić information content (AvgIpc) is 2.50. The minimum Gasteiger partial charge on any atom is -0.465 e. The highest BCUT2D eigenvalue weighted by atomic mass is 32.2. The fourth-order valence-electron chi connectivity index (χ4n) is 1.77. The lowest BCUT2D eigenvalue weighted by molar-refractivity contribution is 0.0600. The van der Waals surface area contributed by atoms with Gasteiger partial charge < -0.3 is 4.74 Å². The number of hydrogen-bond acceptors (Lipinski definition) is 6. The van der Waals surface area contributed by atoms with E-state index in [9.17, 15) is 21.6 Å². The lowest BCUT2D eigenvalue weighted by atomic mass is 10.2. The third-order valence-electron chi connectivity index (χ3n) is 2.99. The van der Waals surface area contributed by atoms with E-state index in [2.05, 4.69) is 9.46 Å². The molecule has 0 radical (unpaired) electrons. The van der Waals surface area contributed by atoms with Gasteiger partial charge in [-0.25, -0.2) is 26.4 Å². The van der Waals surface area contributed by atoms with Crippen molar-refractivity contribution in [2.45, 2.75) is 6.92 Å². The summed E-state index contributed by atoms with van der Waals surface area (Å²) in [5, 5.41) is 0. The molecule has 10 heteroatoms. The van der Waals surface area contributed by atoms with E-state index in [0.717, 1.165) is 10.6 Å². The summed E-state index contributed by atoms with van der Waals surface area (Å²) < 4.78 is 54.5. The largest absolute Gasteiger partial charge is 0.465 e. The minimum atomic E-state index is -3.60. The molecule has 0 saturated heterocycles. The fraction of sp³-hybridized carbons (Fsp3) is 0.462. The second-order valence-corrected chi connectivity index (χ2v) is 8.67. The molecule has 0 unspecified atom stereocenters. The van der Waals surface area contributed by atoms with E-state index >= 15 is 0 Å². The van der Waals surface area contributed by atoms with E-state index in [1.54, 1.807) is 0 Å². The number of sulfonamides is 2. The van der Waals surface area contributed by atoms with Crippen LogP contribution < -0.4 is 9.03 Å². The first-order chi connectivity index (χ1) is 10.6. The number of rotatable bonds is 8. The molecule has 0 aliphatic rings. The van der Waals surface area contributed by atoms with Crippen LogP contribution in [0.5, 0.6) is 0 Å². The average molecular weight is 364 g/mol. The summed E-state index contributed by atoms with van der Waals surface area (Å²) in [5.41, 5.74) is 0.618. The van der Waals surface area contributed by atoms with Crippen molar-refractivity contribution in [1.29, 1.82) is 0 Å². The summed E-state index contributed by atoms with van der Waals surface area (Å²) in [6, 6.07) is 5.80. The van der Waals surface area contributed by atoms with Gasteiger partial charge in [-0.2, -0.15) is 0 Å². The normalized spacial score (nSPS) is 12.0. The molecule has 1 rings (SSSR count). The second-order valence-electron chi connectivity index (χ2n) is 4.67. The van der Waals surface area contributed by atoms with Crippen molar-refractivity contribution in [3.8, 4) is 0 Å². The molecule has 1 N–H and O–H groups in total. The first-order valence-corrected chi connectivity index (χ1v) is 10.2. The summed E-state index contributed by atoms with van der Waals surface area (Å²) in [6.07, 6.45) is 1.02. The van der Waals surface area contributed by atoms with Crippen LogP contribution in [0.3, 0.4) is 0 Å². The molecule has 0 saturated carbocycles. The van der Waals surface area contributed by atoms with Gasteiger partial charge in [-0.05, 0) is 31.2 Å². The first kappa shape index (κ1) is 19.4. The van der Waals surface area contributed by atoms with Crippen LogP contribution in [-0.2, 0) is 24.8 Å². The molecule has 8 nitrogen and oxygen atoms in total. The Bertz CT molecular complexity index is 741. The van der Waals surface area contributed by atoms with Gasteiger partial charge in [0.1, 0.15) is 0 Å². The van der Waals surface area contributed by atoms with E-state index in [1.165, 1.54) is 38.3 Å². The summed E-state index contributed by atoms with van der Waals surface area (Å²) >= 11 is 0. The molecular weight excluding hydrogens is 344 g/mol. The predicted octanol–water partition coefficient (Wildman–Crippen LogP) is 0.179. The number of nitrogens with zero attached hydrogens (tertiary/aromatic N) is 1. The van der Waals surface area contributed by atoms with E-state index in [-0.39, 0.29) is 24.4 Å². The quantitative estimate of drug-likeness (QED) is 0.659. The highest BCUT2D eigenvalue weighted by molar-refractivity contribution is 7.92. The summed E-state index contributed by atoms with van der Waals surface area (Å²) in [4.78, 5) is 11.4. The van der Waals surface area contributed by atoms with E-state index in [4.69, 9.17) is 0 Å². The third-order valence-corrected chi connectivity index (χ3v) is 5.59. The Morgan fingerprint density at radius 1 is 1.17 bits per heavy atom. The van der Waals surface area contributed by atoms with Crippen molar-refractivity contribution in [1.82, 2.24) is 4.72 Å². The molecule has 0 aliphatic heterocycles. The predicted molar refractivity (Wildman–Crippen MR) is 87.4 cm³/mol. The van der Waals surface area contributed by atoms with Gasteiger partial charge >= 0.3 is 5.97 Å². The maximum atomic E-state index is 11.9. The number of carbonyl (C=O) groups excluding carboxylic acids is 1. The number of benzene rings is 1. The van der Waals surface area contributed by atoms with Crippen molar-refractivity contribution in [3.05, 3.63) is 29.8 Å². The molecule has 0 bridgehead atoms. The van der Waals surface area contributed by atoms with Crippen LogP contribution >= 0.6 is 0 Å². The first-order valence-electron chi connectivity index (χ1n) is 6.74. The Labute approximate surface area is 136 Å². The lowest BCUT2D eigenvalue weighted by Crippen LogP contribution is -2.38. The fourth-order valence-corrected chi connectivity index (χ4v) is 3.31. The maximum absolute atomic E-state index is 11.9. The molecule has 0 spiro atoms. The number of ether oxygens (including phenoxy) is 1. The highest BCUT2D eigenvalue weighted by Crippen LogP contribution is 2.18. The maximum Gasteiger partial charge on any atom is 0.337 e. The Hall–Kier alpha value is -1.65. The summed E-state index contributed by atoms with van der Waals surface area (Å²) in [7, 11) is -5.75. The van der Waals surface area contributed by atoms with Gasteiger partial charge in [-0.15, -0.1) is 0 Å². The van der Waals surface area contributed by atoms with Crippen molar-refractivity contribution >= 4 is 31.7 Å². The summed E-state index contributed by atoms with van der Waals surface area (Å²) in [5.74, 6) is -0.613. The van der Waals surface area contributed by atoms with Crippen molar-refractivity contribution in [3.63, 3.8) is 0 Å². The smallest absolute Gasteiger partial charge is 0.337 e. The van der Waals surface area contributed by atoms with Gasteiger partial charge in [0, 0.05) is 13.1 Å². The lowest BCUT2D eigenvalue weighted by Gasteiger charge is -2.22. The summed E-state index contributed by atoms with van der Waals surface area (Å²) in [6.45, 7) is 1.37. The number of nitrogens with one attached hydrogen (secondary N) is 1. The zero-order valence-corrected chi connectivity index (χ0v) is 14.8. The number of hydrogen-bond donors (Lipinski definition) is 1. The van der Waals surface area contributed by atoms with Gasteiger partial charge in [0.25, 0.3) is 0 Å². The standard InChI is InChI=1S/C13H20N2O6S2/c1-4-23(19,20)14-9-10-15(22(3,17)18)12-7-5-11(6-8-12)13(16)21-2/h5-8,14H,4,9-10H2,1-3H3. The third kappa shape index (κ3) is 5.81. The molecule has 1 aromatic rings. The van der Waals surface area contributed by atoms with Gasteiger partial charge in [0.15, 0.2) is 0 Å². The molecule has 23 heavy (non-hydrogen) atoms. The molecule has 0 aromatic heterocycles. The van der Waals surface area contributed by atoms with Crippen LogP contribution in [0.25, 0.3) is 0 Å². The van der Waals surface area contributed by atoms with Gasteiger partial charge in [-0.1, -0.05) is 0 Å². The van der Waals surface area contributed by atoms with Crippen LogP contribution in [0.4, 0.5) is 5.69 Å². The Balaban J connectivity index is 2.93. The zero-order valence-electron chi connectivity index (χ0n) is 13.1.